The maximum atomic E-state index is 13.2. The summed E-state index contributed by atoms with van der Waals surface area (Å²) in [5.41, 5.74) is 0.947. The number of H-pyrrole nitrogens is 1. The molecule has 0 unspecified atom stereocenters. The minimum Gasteiger partial charge on any atom is -0.474 e. The highest BCUT2D eigenvalue weighted by molar-refractivity contribution is 5.55. The molecule has 0 radical (unpaired) electrons. The molecule has 1 aromatic carbocycles. The molecule has 6 nitrogen and oxygen atoms in total. The highest BCUT2D eigenvalue weighted by Gasteiger charge is 2.32. The van der Waals surface area contributed by atoms with Crippen molar-refractivity contribution in [2.24, 2.45) is 0 Å². The van der Waals surface area contributed by atoms with Crippen LogP contribution in [-0.4, -0.2) is 22.3 Å². The molecule has 2 aromatic heterocycles. The average Bonchev–Trinajstić information content (AvgIpc) is 3.06. The number of rotatable bonds is 6. The number of benzene rings is 1. The van der Waals surface area contributed by atoms with E-state index in [9.17, 15) is 13.6 Å². The predicted octanol–water partition coefficient (Wildman–Crippen LogP) is 3.43. The van der Waals surface area contributed by atoms with Crippen LogP contribution in [0, 0.1) is 11.6 Å². The van der Waals surface area contributed by atoms with Crippen LogP contribution in [0.4, 0.5) is 8.78 Å². The summed E-state index contributed by atoms with van der Waals surface area (Å²) < 4.78 is 42.5. The minimum absolute atomic E-state index is 0.0107. The van der Waals surface area contributed by atoms with Gasteiger partial charge in [0.15, 0.2) is 17.4 Å². The van der Waals surface area contributed by atoms with Crippen LogP contribution in [0.2, 0.25) is 0 Å². The van der Waals surface area contributed by atoms with Crippen LogP contribution in [0.5, 0.6) is 5.88 Å². The van der Waals surface area contributed by atoms with Crippen LogP contribution in [0.25, 0.3) is 11.3 Å². The molecule has 2 heterocycles. The summed E-state index contributed by atoms with van der Waals surface area (Å²) in [7, 11) is 0. The Balaban J connectivity index is 1.24. The lowest BCUT2D eigenvalue weighted by atomic mass is 9.92. The number of ether oxygens (including phenoxy) is 2. The average molecular weight is 374 g/mol. The molecule has 27 heavy (non-hydrogen) atoms. The van der Waals surface area contributed by atoms with Crippen molar-refractivity contribution >= 4 is 0 Å². The Bertz CT molecular complexity index is 978. The first-order valence-corrected chi connectivity index (χ1v) is 8.44. The fourth-order valence-electron chi connectivity index (χ4n) is 2.79. The Morgan fingerprint density at radius 1 is 1.11 bits per heavy atom. The third-order valence-electron chi connectivity index (χ3n) is 4.35. The Hall–Kier alpha value is -3.00. The number of hydrogen-bond donors (Lipinski definition) is 1. The molecule has 0 spiro atoms. The van der Waals surface area contributed by atoms with Crippen molar-refractivity contribution in [1.29, 1.82) is 0 Å². The lowest BCUT2D eigenvalue weighted by molar-refractivity contribution is -0.0695. The zero-order valence-electron chi connectivity index (χ0n) is 14.2. The first kappa shape index (κ1) is 17.4. The van der Waals surface area contributed by atoms with Crippen LogP contribution in [-0.2, 0) is 11.3 Å². The molecule has 1 fully saturated rings. The highest BCUT2D eigenvalue weighted by Crippen LogP contribution is 2.29. The molecular weight excluding hydrogens is 358 g/mol. The topological polar surface area (TPSA) is 77.3 Å². The zero-order chi connectivity index (χ0) is 18.8. The number of aromatic nitrogens is 2. The number of aromatic amines is 1. The highest BCUT2D eigenvalue weighted by atomic mass is 19.2. The van der Waals surface area contributed by atoms with Crippen LogP contribution < -0.4 is 10.3 Å². The van der Waals surface area contributed by atoms with Gasteiger partial charge in [0, 0.05) is 30.7 Å². The number of nitrogens with zero attached hydrogens (tertiary/aromatic N) is 1. The smallest absolute Gasteiger partial charge is 0.280 e. The molecule has 0 bridgehead atoms. The molecular formula is C19H16F2N2O4. The monoisotopic (exact) mass is 374 g/mol. The van der Waals surface area contributed by atoms with Crippen LogP contribution in [0.1, 0.15) is 18.4 Å². The van der Waals surface area contributed by atoms with Crippen molar-refractivity contribution in [3.8, 4) is 17.2 Å². The third-order valence-corrected chi connectivity index (χ3v) is 4.35. The van der Waals surface area contributed by atoms with Gasteiger partial charge in [-0.05, 0) is 23.8 Å². The van der Waals surface area contributed by atoms with Gasteiger partial charge in [0.2, 0.25) is 5.88 Å². The van der Waals surface area contributed by atoms with Gasteiger partial charge in [0.1, 0.15) is 6.10 Å². The van der Waals surface area contributed by atoms with E-state index in [-0.39, 0.29) is 24.4 Å². The maximum absolute atomic E-state index is 13.2. The van der Waals surface area contributed by atoms with Crippen molar-refractivity contribution in [3.05, 3.63) is 70.1 Å². The molecule has 140 valence electrons. The van der Waals surface area contributed by atoms with E-state index in [4.69, 9.17) is 14.0 Å². The molecule has 1 N–H and O–H groups in total. The third kappa shape index (κ3) is 4.06. The molecule has 3 aromatic rings. The Morgan fingerprint density at radius 3 is 2.63 bits per heavy atom. The first-order chi connectivity index (χ1) is 13.1. The van der Waals surface area contributed by atoms with E-state index in [2.05, 4.69) is 10.1 Å². The summed E-state index contributed by atoms with van der Waals surface area (Å²) in [6.45, 7) is 0.226. The zero-order valence-corrected chi connectivity index (χ0v) is 14.2. The molecule has 1 saturated carbocycles. The van der Waals surface area contributed by atoms with Gasteiger partial charge in [-0.2, -0.15) is 5.16 Å². The number of pyridine rings is 1. The largest absolute Gasteiger partial charge is 0.474 e. The summed E-state index contributed by atoms with van der Waals surface area (Å²) in [4.78, 5) is 15.3. The SMILES string of the molecule is O=c1cc(-c2ccc(OC3CC(OCc4ccc(F)c(F)c4)C3)nc2)o[nH]1. The van der Waals surface area contributed by atoms with Crippen molar-refractivity contribution in [3.63, 3.8) is 0 Å². The molecule has 0 amide bonds. The lowest BCUT2D eigenvalue weighted by Crippen LogP contribution is -2.39. The van der Waals surface area contributed by atoms with Gasteiger partial charge in [0.25, 0.3) is 5.56 Å². The number of nitrogens with one attached hydrogen (secondary N) is 1. The Morgan fingerprint density at radius 2 is 1.96 bits per heavy atom. The van der Waals surface area contributed by atoms with Gasteiger partial charge < -0.3 is 14.0 Å². The van der Waals surface area contributed by atoms with E-state index >= 15 is 0 Å². The van der Waals surface area contributed by atoms with Gasteiger partial charge in [0.05, 0.1) is 18.8 Å². The fourth-order valence-corrected chi connectivity index (χ4v) is 2.79. The second kappa shape index (κ2) is 7.32. The van der Waals surface area contributed by atoms with E-state index in [0.717, 1.165) is 12.1 Å². The summed E-state index contributed by atoms with van der Waals surface area (Å²) >= 11 is 0. The summed E-state index contributed by atoms with van der Waals surface area (Å²) in [6, 6.07) is 8.54. The van der Waals surface area contributed by atoms with Crippen LogP contribution in [0.3, 0.4) is 0 Å². The number of hydrogen-bond acceptors (Lipinski definition) is 5. The first-order valence-electron chi connectivity index (χ1n) is 8.44. The van der Waals surface area contributed by atoms with E-state index in [1.165, 1.54) is 12.1 Å². The summed E-state index contributed by atoms with van der Waals surface area (Å²) in [6.07, 6.45) is 2.96. The Labute approximate surface area is 152 Å². The molecule has 0 saturated heterocycles. The molecule has 8 heteroatoms. The molecule has 0 atom stereocenters. The van der Waals surface area contributed by atoms with Gasteiger partial charge in [-0.25, -0.2) is 13.8 Å². The van der Waals surface area contributed by atoms with E-state index in [0.29, 0.717) is 35.6 Å². The van der Waals surface area contributed by atoms with Gasteiger partial charge in [-0.3, -0.25) is 4.79 Å². The van der Waals surface area contributed by atoms with Crippen molar-refractivity contribution in [2.75, 3.05) is 0 Å². The Kier molecular flexibility index (Phi) is 4.72. The van der Waals surface area contributed by atoms with Crippen molar-refractivity contribution in [1.82, 2.24) is 10.1 Å². The van der Waals surface area contributed by atoms with Crippen molar-refractivity contribution < 1.29 is 22.8 Å². The van der Waals surface area contributed by atoms with Crippen LogP contribution >= 0.6 is 0 Å². The number of halogens is 2. The van der Waals surface area contributed by atoms with Crippen molar-refractivity contribution in [2.45, 2.75) is 31.7 Å². The molecule has 1 aliphatic carbocycles. The molecule has 1 aliphatic rings. The minimum atomic E-state index is -0.876. The van der Waals surface area contributed by atoms with E-state index < -0.39 is 11.6 Å². The lowest BCUT2D eigenvalue weighted by Gasteiger charge is -2.34. The van der Waals surface area contributed by atoms with Gasteiger partial charge in [-0.15, -0.1) is 0 Å². The summed E-state index contributed by atoms with van der Waals surface area (Å²) in [5.74, 6) is -0.860. The van der Waals surface area contributed by atoms with Crippen LogP contribution in [0.15, 0.2) is 51.9 Å². The predicted molar refractivity (Wildman–Crippen MR) is 91.1 cm³/mol. The maximum Gasteiger partial charge on any atom is 0.280 e. The summed E-state index contributed by atoms with van der Waals surface area (Å²) in [5, 5.41) is 2.22. The van der Waals surface area contributed by atoms with E-state index in [1.807, 2.05) is 0 Å². The van der Waals surface area contributed by atoms with Gasteiger partial charge >= 0.3 is 0 Å². The second-order valence-corrected chi connectivity index (χ2v) is 6.35. The molecule has 0 aliphatic heterocycles. The molecule has 4 rings (SSSR count). The fraction of sp³-hybridized carbons (Fsp3) is 0.263. The van der Waals surface area contributed by atoms with E-state index in [1.54, 1.807) is 18.3 Å². The second-order valence-electron chi connectivity index (χ2n) is 6.35. The van der Waals surface area contributed by atoms with Gasteiger partial charge in [-0.1, -0.05) is 6.07 Å². The normalized spacial score (nSPS) is 18.9. The quantitative estimate of drug-likeness (QED) is 0.715. The standard InChI is InChI=1S/C19H16F2N2O4/c20-15-3-1-11(5-16(15)21)10-25-13-6-14(7-13)26-19-4-2-12(9-22-19)17-8-18(24)23-27-17/h1-5,8-9,13-14H,6-7,10H2,(H,23,24).